The fourth-order valence-corrected chi connectivity index (χ4v) is 2.38. The predicted molar refractivity (Wildman–Crippen MR) is 61.8 cm³/mol. The van der Waals surface area contributed by atoms with Gasteiger partial charge in [0.25, 0.3) is 0 Å². The summed E-state index contributed by atoms with van der Waals surface area (Å²) in [5.41, 5.74) is 2.33. The number of benzene rings is 1. The Hall–Kier alpha value is -0.930. The first-order valence-corrected chi connectivity index (χ1v) is 5.86. The molecule has 0 amide bonds. The van der Waals surface area contributed by atoms with Gasteiger partial charge < -0.3 is 10.4 Å². The molecule has 0 aromatic heterocycles. The van der Waals surface area contributed by atoms with E-state index in [2.05, 4.69) is 12.2 Å². The fourth-order valence-electron chi connectivity index (χ4n) is 2.38. The molecule has 0 spiro atoms. The average molecular weight is 223 g/mol. The zero-order valence-corrected chi connectivity index (χ0v) is 9.54. The summed E-state index contributed by atoms with van der Waals surface area (Å²) in [6.07, 6.45) is 2.72. The maximum atomic E-state index is 13.0. The maximum Gasteiger partial charge on any atom is 0.123 e. The van der Waals surface area contributed by atoms with Gasteiger partial charge in [-0.25, -0.2) is 4.39 Å². The monoisotopic (exact) mass is 223 g/mol. The predicted octanol–water partition coefficient (Wildman–Crippen LogP) is 2.17. The van der Waals surface area contributed by atoms with Gasteiger partial charge in [-0.3, -0.25) is 0 Å². The van der Waals surface area contributed by atoms with Gasteiger partial charge in [0.1, 0.15) is 5.82 Å². The second kappa shape index (κ2) is 4.93. The van der Waals surface area contributed by atoms with Crippen LogP contribution < -0.4 is 5.32 Å². The second-order valence-corrected chi connectivity index (χ2v) is 4.51. The highest BCUT2D eigenvalue weighted by Crippen LogP contribution is 2.31. The van der Waals surface area contributed by atoms with Gasteiger partial charge in [-0.15, -0.1) is 0 Å². The maximum absolute atomic E-state index is 13.0. The molecule has 0 radical (unpaired) electrons. The zero-order chi connectivity index (χ0) is 11.5. The summed E-state index contributed by atoms with van der Waals surface area (Å²) in [6, 6.07) is 5.65. The lowest BCUT2D eigenvalue weighted by Gasteiger charge is -2.19. The van der Waals surface area contributed by atoms with Crippen molar-refractivity contribution in [2.24, 2.45) is 0 Å². The van der Waals surface area contributed by atoms with Crippen molar-refractivity contribution in [1.82, 2.24) is 5.32 Å². The molecule has 0 saturated heterocycles. The van der Waals surface area contributed by atoms with Crippen LogP contribution in [-0.4, -0.2) is 17.8 Å². The van der Waals surface area contributed by atoms with Crippen LogP contribution in [0.25, 0.3) is 0 Å². The Bertz CT molecular complexity index is 367. The Kier molecular flexibility index (Phi) is 3.56. The van der Waals surface area contributed by atoms with Crippen molar-refractivity contribution in [2.45, 2.75) is 38.3 Å². The molecule has 1 aromatic rings. The highest BCUT2D eigenvalue weighted by molar-refractivity contribution is 5.35. The first-order chi connectivity index (χ1) is 7.70. The van der Waals surface area contributed by atoms with E-state index in [0.717, 1.165) is 24.8 Å². The summed E-state index contributed by atoms with van der Waals surface area (Å²) in [5.74, 6) is -0.150. The molecule has 1 aliphatic rings. The van der Waals surface area contributed by atoms with Gasteiger partial charge >= 0.3 is 0 Å². The van der Waals surface area contributed by atoms with E-state index in [9.17, 15) is 4.39 Å². The van der Waals surface area contributed by atoms with Gasteiger partial charge in [-0.05, 0) is 49.4 Å². The van der Waals surface area contributed by atoms with Crippen LogP contribution in [0.15, 0.2) is 18.2 Å². The Balaban J connectivity index is 2.06. The lowest BCUT2D eigenvalue weighted by Crippen LogP contribution is -2.30. The summed E-state index contributed by atoms with van der Waals surface area (Å²) >= 11 is 0. The summed E-state index contributed by atoms with van der Waals surface area (Å²) < 4.78 is 13.0. The van der Waals surface area contributed by atoms with E-state index < -0.39 is 0 Å². The van der Waals surface area contributed by atoms with Gasteiger partial charge in [-0.2, -0.15) is 0 Å². The number of aliphatic hydroxyl groups excluding tert-OH is 1. The number of fused-ring (bicyclic) bond motifs is 1. The number of aryl methyl sites for hydroxylation is 1. The third-order valence-electron chi connectivity index (χ3n) is 3.23. The van der Waals surface area contributed by atoms with Crippen LogP contribution in [0, 0.1) is 5.82 Å². The van der Waals surface area contributed by atoms with Gasteiger partial charge in [0.05, 0.1) is 0 Å². The fraction of sp³-hybridized carbons (Fsp3) is 0.538. The third-order valence-corrected chi connectivity index (χ3v) is 3.23. The molecule has 2 N–H and O–H groups in total. The molecule has 2 nitrogen and oxygen atoms in total. The zero-order valence-electron chi connectivity index (χ0n) is 9.54. The number of aliphatic hydroxyl groups is 1. The topological polar surface area (TPSA) is 32.3 Å². The largest absolute Gasteiger partial charge is 0.396 e. The molecule has 0 fully saturated rings. The van der Waals surface area contributed by atoms with Crippen molar-refractivity contribution in [1.29, 1.82) is 0 Å². The highest BCUT2D eigenvalue weighted by atomic mass is 19.1. The SMILES string of the molecule is CC(CCO)NC1CCc2cc(F)ccc21. The Labute approximate surface area is 95.5 Å². The molecule has 16 heavy (non-hydrogen) atoms. The summed E-state index contributed by atoms with van der Waals surface area (Å²) in [6.45, 7) is 2.27. The van der Waals surface area contributed by atoms with Crippen molar-refractivity contribution in [3.05, 3.63) is 35.1 Å². The van der Waals surface area contributed by atoms with E-state index >= 15 is 0 Å². The molecule has 0 bridgehead atoms. The summed E-state index contributed by atoms with van der Waals surface area (Å²) in [4.78, 5) is 0. The van der Waals surface area contributed by atoms with Crippen LogP contribution in [0.3, 0.4) is 0 Å². The van der Waals surface area contributed by atoms with Crippen LogP contribution in [0.1, 0.15) is 36.9 Å². The minimum absolute atomic E-state index is 0.150. The number of rotatable bonds is 4. The first kappa shape index (κ1) is 11.6. The lowest BCUT2D eigenvalue weighted by molar-refractivity contribution is 0.263. The van der Waals surface area contributed by atoms with Crippen molar-refractivity contribution in [3.63, 3.8) is 0 Å². The molecule has 2 unspecified atom stereocenters. The highest BCUT2D eigenvalue weighted by Gasteiger charge is 2.23. The van der Waals surface area contributed by atoms with Crippen LogP contribution in [0.4, 0.5) is 4.39 Å². The van der Waals surface area contributed by atoms with Crippen LogP contribution in [-0.2, 0) is 6.42 Å². The van der Waals surface area contributed by atoms with Gasteiger partial charge in [0.15, 0.2) is 0 Å². The van der Waals surface area contributed by atoms with E-state index in [4.69, 9.17) is 5.11 Å². The molecular formula is C13H18FNO. The molecule has 88 valence electrons. The standard InChI is InChI=1S/C13H18FNO/c1-9(6-7-16)15-13-5-2-10-8-11(14)3-4-12(10)13/h3-4,8-9,13,15-16H,2,5-7H2,1H3. The number of nitrogens with one attached hydrogen (secondary N) is 1. The molecule has 0 aliphatic heterocycles. The van der Waals surface area contributed by atoms with E-state index in [-0.39, 0.29) is 12.4 Å². The molecule has 0 saturated carbocycles. The normalized spacial score (nSPS) is 20.8. The van der Waals surface area contributed by atoms with Gasteiger partial charge in [0.2, 0.25) is 0 Å². The lowest BCUT2D eigenvalue weighted by atomic mass is 10.1. The van der Waals surface area contributed by atoms with Crippen molar-refractivity contribution in [2.75, 3.05) is 6.61 Å². The Morgan fingerprint density at radius 1 is 1.56 bits per heavy atom. The average Bonchev–Trinajstić information content (AvgIpc) is 2.61. The van der Waals surface area contributed by atoms with E-state index in [1.807, 2.05) is 6.07 Å². The molecule has 2 rings (SSSR count). The quantitative estimate of drug-likeness (QED) is 0.820. The van der Waals surface area contributed by atoms with E-state index in [1.54, 1.807) is 6.07 Å². The molecular weight excluding hydrogens is 205 g/mol. The third kappa shape index (κ3) is 2.42. The molecule has 1 aromatic carbocycles. The van der Waals surface area contributed by atoms with Crippen molar-refractivity contribution >= 4 is 0 Å². The van der Waals surface area contributed by atoms with Crippen LogP contribution >= 0.6 is 0 Å². The minimum atomic E-state index is -0.150. The Morgan fingerprint density at radius 3 is 3.12 bits per heavy atom. The number of halogens is 1. The van der Waals surface area contributed by atoms with Crippen LogP contribution in [0.2, 0.25) is 0 Å². The Morgan fingerprint density at radius 2 is 2.38 bits per heavy atom. The van der Waals surface area contributed by atoms with Crippen LogP contribution in [0.5, 0.6) is 0 Å². The molecule has 0 heterocycles. The van der Waals surface area contributed by atoms with Gasteiger partial charge in [0, 0.05) is 18.7 Å². The summed E-state index contributed by atoms with van der Waals surface area (Å²) in [5, 5.41) is 12.3. The molecule has 2 atom stereocenters. The van der Waals surface area contributed by atoms with E-state index in [1.165, 1.54) is 11.6 Å². The van der Waals surface area contributed by atoms with E-state index in [0.29, 0.717) is 12.1 Å². The van der Waals surface area contributed by atoms with Crippen molar-refractivity contribution in [3.8, 4) is 0 Å². The smallest absolute Gasteiger partial charge is 0.123 e. The number of hydrogen-bond acceptors (Lipinski definition) is 2. The van der Waals surface area contributed by atoms with Crippen molar-refractivity contribution < 1.29 is 9.50 Å². The molecule has 3 heteroatoms. The number of hydrogen-bond donors (Lipinski definition) is 2. The molecule has 1 aliphatic carbocycles. The summed E-state index contributed by atoms with van der Waals surface area (Å²) in [7, 11) is 0. The second-order valence-electron chi connectivity index (χ2n) is 4.51. The minimum Gasteiger partial charge on any atom is -0.396 e. The van der Waals surface area contributed by atoms with Gasteiger partial charge in [-0.1, -0.05) is 6.07 Å². The first-order valence-electron chi connectivity index (χ1n) is 5.86.